The van der Waals surface area contributed by atoms with E-state index in [1.165, 1.54) is 0 Å². The molecule has 0 radical (unpaired) electrons. The van der Waals surface area contributed by atoms with Crippen LogP contribution in [0.15, 0.2) is 54.6 Å². The number of hydrogen-bond acceptors (Lipinski definition) is 3. The second-order valence-electron chi connectivity index (χ2n) is 7.99. The fourth-order valence-electron chi connectivity index (χ4n) is 4.63. The third kappa shape index (κ3) is 4.16. The van der Waals surface area contributed by atoms with E-state index in [0.29, 0.717) is 10.0 Å². The molecule has 3 aromatic carbocycles. The predicted octanol–water partition coefficient (Wildman–Crippen LogP) is 7.97. The lowest BCUT2D eigenvalue weighted by atomic mass is 9.82. The van der Waals surface area contributed by atoms with Gasteiger partial charge in [-0.1, -0.05) is 41.4 Å². The second-order valence-corrected chi connectivity index (χ2v) is 8.83. The number of nitrogens with zero attached hydrogens (tertiary/aromatic N) is 2. The molecule has 1 heterocycles. The van der Waals surface area contributed by atoms with Crippen LogP contribution in [0.5, 0.6) is 11.5 Å². The van der Waals surface area contributed by atoms with E-state index in [1.807, 2.05) is 18.2 Å². The SMILES string of the molecule is CCN(CC)c1ccc2c(c1)Oc1cc(N(CC)CC)ccc1C2c1ccc(Cl)cc1Cl. The Hall–Kier alpha value is -2.36. The highest BCUT2D eigenvalue weighted by Gasteiger charge is 2.31. The van der Waals surface area contributed by atoms with Crippen LogP contribution in [0, 0.1) is 0 Å². The highest BCUT2D eigenvalue weighted by atomic mass is 35.5. The van der Waals surface area contributed by atoms with Crippen molar-refractivity contribution < 1.29 is 4.74 Å². The van der Waals surface area contributed by atoms with E-state index in [0.717, 1.165) is 65.7 Å². The van der Waals surface area contributed by atoms with E-state index in [-0.39, 0.29) is 5.92 Å². The van der Waals surface area contributed by atoms with Gasteiger partial charge in [-0.25, -0.2) is 0 Å². The minimum absolute atomic E-state index is 0.0185. The van der Waals surface area contributed by atoms with Gasteiger partial charge in [0.05, 0.1) is 0 Å². The monoisotopic (exact) mass is 468 g/mol. The predicted molar refractivity (Wildman–Crippen MR) is 137 cm³/mol. The highest BCUT2D eigenvalue weighted by Crippen LogP contribution is 2.50. The largest absolute Gasteiger partial charge is 0.457 e. The number of halogens is 2. The van der Waals surface area contributed by atoms with Crippen molar-refractivity contribution in [1.29, 1.82) is 0 Å². The summed E-state index contributed by atoms with van der Waals surface area (Å²) in [6.45, 7) is 12.5. The first kappa shape index (κ1) is 22.8. The van der Waals surface area contributed by atoms with Gasteiger partial charge in [0.25, 0.3) is 0 Å². The molecule has 3 nitrogen and oxygen atoms in total. The Kier molecular flexibility index (Phi) is 6.88. The van der Waals surface area contributed by atoms with Crippen LogP contribution in [0.4, 0.5) is 11.4 Å². The summed E-state index contributed by atoms with van der Waals surface area (Å²) >= 11 is 12.9. The molecule has 0 spiro atoms. The topological polar surface area (TPSA) is 15.7 Å². The molecule has 3 aromatic rings. The average Bonchev–Trinajstić information content (AvgIpc) is 2.79. The van der Waals surface area contributed by atoms with Crippen LogP contribution in [-0.4, -0.2) is 26.2 Å². The molecule has 0 fully saturated rings. The van der Waals surface area contributed by atoms with Gasteiger partial charge in [0.2, 0.25) is 0 Å². The van der Waals surface area contributed by atoms with Crippen molar-refractivity contribution in [3.8, 4) is 11.5 Å². The molecule has 32 heavy (non-hydrogen) atoms. The first-order valence-corrected chi connectivity index (χ1v) is 12.2. The summed E-state index contributed by atoms with van der Waals surface area (Å²) in [6.07, 6.45) is 0. The van der Waals surface area contributed by atoms with Gasteiger partial charge in [-0.3, -0.25) is 0 Å². The van der Waals surface area contributed by atoms with Gasteiger partial charge in [-0.2, -0.15) is 0 Å². The van der Waals surface area contributed by atoms with Crippen molar-refractivity contribution in [3.63, 3.8) is 0 Å². The summed E-state index contributed by atoms with van der Waals surface area (Å²) in [7, 11) is 0. The zero-order chi connectivity index (χ0) is 22.8. The Morgan fingerprint density at radius 1 is 0.656 bits per heavy atom. The zero-order valence-corrected chi connectivity index (χ0v) is 20.7. The molecule has 5 heteroatoms. The van der Waals surface area contributed by atoms with Crippen LogP contribution in [-0.2, 0) is 0 Å². The maximum absolute atomic E-state index is 6.71. The van der Waals surface area contributed by atoms with Gasteiger partial charge in [-0.05, 0) is 57.5 Å². The van der Waals surface area contributed by atoms with Crippen molar-refractivity contribution in [3.05, 3.63) is 81.3 Å². The Bertz CT molecular complexity index is 1050. The van der Waals surface area contributed by atoms with Crippen LogP contribution >= 0.6 is 23.2 Å². The van der Waals surface area contributed by atoms with Crippen LogP contribution in [0.2, 0.25) is 10.0 Å². The van der Waals surface area contributed by atoms with Gasteiger partial charge in [0.15, 0.2) is 0 Å². The van der Waals surface area contributed by atoms with E-state index < -0.39 is 0 Å². The van der Waals surface area contributed by atoms with Crippen molar-refractivity contribution >= 4 is 34.6 Å². The lowest BCUT2D eigenvalue weighted by Crippen LogP contribution is -2.23. The number of ether oxygens (including phenoxy) is 1. The van der Waals surface area contributed by atoms with Gasteiger partial charge in [0.1, 0.15) is 11.5 Å². The fourth-order valence-corrected chi connectivity index (χ4v) is 5.15. The maximum Gasteiger partial charge on any atom is 0.133 e. The van der Waals surface area contributed by atoms with E-state index in [1.54, 1.807) is 0 Å². The third-order valence-electron chi connectivity index (χ3n) is 6.37. The van der Waals surface area contributed by atoms with Crippen molar-refractivity contribution in [1.82, 2.24) is 0 Å². The van der Waals surface area contributed by atoms with E-state index in [2.05, 4.69) is 73.9 Å². The molecular formula is C27H30Cl2N2O. The Morgan fingerprint density at radius 3 is 1.56 bits per heavy atom. The molecule has 0 N–H and O–H groups in total. The summed E-state index contributed by atoms with van der Waals surface area (Å²) in [6, 6.07) is 18.8. The number of rotatable bonds is 7. The molecule has 0 bridgehead atoms. The van der Waals surface area contributed by atoms with Crippen LogP contribution in [0.1, 0.15) is 50.3 Å². The molecule has 0 unspecified atom stereocenters. The molecule has 0 saturated heterocycles. The number of fused-ring (bicyclic) bond motifs is 2. The standard InChI is InChI=1S/C27H30Cl2N2O/c1-5-30(6-2)19-10-13-22-25(16-19)32-26-17-20(31(7-3)8-4)11-14-23(26)27(22)21-12-9-18(28)15-24(21)29/h9-17,27H,5-8H2,1-4H3. The molecule has 0 atom stereocenters. The highest BCUT2D eigenvalue weighted by molar-refractivity contribution is 6.35. The summed E-state index contributed by atoms with van der Waals surface area (Å²) in [4.78, 5) is 4.66. The Labute approximate surface area is 201 Å². The molecule has 1 aliphatic rings. The molecule has 0 aromatic heterocycles. The first-order chi connectivity index (χ1) is 15.5. The van der Waals surface area contributed by atoms with Crippen LogP contribution in [0.3, 0.4) is 0 Å². The average molecular weight is 469 g/mol. The normalized spacial score (nSPS) is 12.7. The summed E-state index contributed by atoms with van der Waals surface area (Å²) in [5.41, 5.74) is 5.60. The lowest BCUT2D eigenvalue weighted by molar-refractivity contribution is 0.453. The minimum Gasteiger partial charge on any atom is -0.457 e. The number of anilines is 2. The summed E-state index contributed by atoms with van der Waals surface area (Å²) in [5, 5.41) is 1.31. The third-order valence-corrected chi connectivity index (χ3v) is 6.93. The van der Waals surface area contributed by atoms with E-state index in [4.69, 9.17) is 27.9 Å². The minimum atomic E-state index is -0.0185. The molecule has 0 aliphatic carbocycles. The Balaban J connectivity index is 1.89. The lowest BCUT2D eigenvalue weighted by Gasteiger charge is -2.32. The van der Waals surface area contributed by atoms with Crippen LogP contribution in [0.25, 0.3) is 0 Å². The second kappa shape index (κ2) is 9.64. The first-order valence-electron chi connectivity index (χ1n) is 11.4. The van der Waals surface area contributed by atoms with Crippen LogP contribution < -0.4 is 14.5 Å². The quantitative estimate of drug-likeness (QED) is 0.273. The summed E-state index contributed by atoms with van der Waals surface area (Å²) in [5.74, 6) is 1.75. The smallest absolute Gasteiger partial charge is 0.133 e. The van der Waals surface area contributed by atoms with Gasteiger partial charge >= 0.3 is 0 Å². The molecule has 0 amide bonds. The van der Waals surface area contributed by atoms with E-state index >= 15 is 0 Å². The van der Waals surface area contributed by atoms with Crippen molar-refractivity contribution in [2.45, 2.75) is 33.6 Å². The van der Waals surface area contributed by atoms with Crippen molar-refractivity contribution in [2.75, 3.05) is 36.0 Å². The van der Waals surface area contributed by atoms with Crippen molar-refractivity contribution in [2.24, 2.45) is 0 Å². The van der Waals surface area contributed by atoms with Gasteiger partial charge in [-0.15, -0.1) is 0 Å². The Morgan fingerprint density at radius 2 is 1.12 bits per heavy atom. The zero-order valence-electron chi connectivity index (χ0n) is 19.2. The van der Waals surface area contributed by atoms with Gasteiger partial charge < -0.3 is 14.5 Å². The molecule has 0 saturated carbocycles. The fraction of sp³-hybridized carbons (Fsp3) is 0.333. The van der Waals surface area contributed by atoms with Gasteiger partial charge in [0, 0.05) is 76.8 Å². The molecular weight excluding hydrogens is 439 g/mol. The summed E-state index contributed by atoms with van der Waals surface area (Å²) < 4.78 is 6.53. The molecule has 4 rings (SSSR count). The maximum atomic E-state index is 6.71. The number of benzene rings is 3. The number of hydrogen-bond donors (Lipinski definition) is 0. The molecule has 168 valence electrons. The van der Waals surface area contributed by atoms with E-state index in [9.17, 15) is 0 Å². The molecule has 1 aliphatic heterocycles.